The van der Waals surface area contributed by atoms with Crippen molar-refractivity contribution in [1.29, 1.82) is 0 Å². The molecule has 0 saturated carbocycles. The van der Waals surface area contributed by atoms with Crippen LogP contribution in [0.5, 0.6) is 0 Å². The maximum absolute atomic E-state index is 13.1. The highest BCUT2D eigenvalue weighted by molar-refractivity contribution is 7.24. The number of thiophene rings is 1. The Morgan fingerprint density at radius 3 is 2.50 bits per heavy atom. The number of halogens is 1. The van der Waals surface area contributed by atoms with Gasteiger partial charge in [-0.15, -0.1) is 22.7 Å². The van der Waals surface area contributed by atoms with Gasteiger partial charge in [-0.05, 0) is 36.8 Å². The molecule has 1 atom stereocenters. The van der Waals surface area contributed by atoms with Crippen LogP contribution in [-0.4, -0.2) is 15.9 Å². The molecule has 0 aliphatic carbocycles. The molecule has 0 fully saturated rings. The maximum Gasteiger partial charge on any atom is 0.264 e. The van der Waals surface area contributed by atoms with Crippen molar-refractivity contribution in [3.63, 3.8) is 0 Å². The highest BCUT2D eigenvalue weighted by Crippen LogP contribution is 2.35. The summed E-state index contributed by atoms with van der Waals surface area (Å²) < 4.78 is 0.702. The Morgan fingerprint density at radius 2 is 1.82 bits per heavy atom. The molecule has 0 aliphatic rings. The Morgan fingerprint density at radius 1 is 1.04 bits per heavy atom. The SMILES string of the molecule is Cc1nc(-c2ccc(Cl)s2)sc1C(=O)NC(c1ccccc1)c1ccccn1. The van der Waals surface area contributed by atoms with E-state index in [4.69, 9.17) is 11.6 Å². The number of thiazole rings is 1. The lowest BCUT2D eigenvalue weighted by atomic mass is 10.0. The van der Waals surface area contributed by atoms with E-state index < -0.39 is 0 Å². The molecule has 0 radical (unpaired) electrons. The zero-order valence-electron chi connectivity index (χ0n) is 14.9. The lowest BCUT2D eigenvalue weighted by Gasteiger charge is -2.18. The van der Waals surface area contributed by atoms with Gasteiger partial charge in [0.15, 0.2) is 0 Å². The minimum absolute atomic E-state index is 0.164. The normalized spacial score (nSPS) is 11.9. The summed E-state index contributed by atoms with van der Waals surface area (Å²) in [5.41, 5.74) is 2.46. The molecule has 28 heavy (non-hydrogen) atoms. The number of aryl methyl sites for hydroxylation is 1. The fraction of sp³-hybridized carbons (Fsp3) is 0.0952. The van der Waals surface area contributed by atoms with Crippen LogP contribution in [0.4, 0.5) is 0 Å². The molecule has 1 aromatic carbocycles. The highest BCUT2D eigenvalue weighted by Gasteiger charge is 2.22. The molecule has 3 aromatic heterocycles. The Labute approximate surface area is 175 Å². The summed E-state index contributed by atoms with van der Waals surface area (Å²) in [5, 5.41) is 3.92. The fourth-order valence-corrected chi connectivity index (χ4v) is 4.93. The Hall–Kier alpha value is -2.54. The summed E-state index contributed by atoms with van der Waals surface area (Å²) in [6.07, 6.45) is 1.73. The molecule has 0 bridgehead atoms. The average molecular weight is 426 g/mol. The third-order valence-corrected chi connectivity index (χ3v) is 6.74. The van der Waals surface area contributed by atoms with E-state index >= 15 is 0 Å². The maximum atomic E-state index is 13.1. The minimum atomic E-state index is -0.337. The van der Waals surface area contributed by atoms with Gasteiger partial charge in [0.05, 0.1) is 26.6 Å². The molecular weight excluding hydrogens is 410 g/mol. The molecule has 4 aromatic rings. The van der Waals surface area contributed by atoms with Gasteiger partial charge in [-0.25, -0.2) is 4.98 Å². The molecule has 0 saturated heterocycles. The first-order valence-electron chi connectivity index (χ1n) is 8.61. The van der Waals surface area contributed by atoms with Crippen LogP contribution >= 0.6 is 34.3 Å². The van der Waals surface area contributed by atoms with E-state index in [-0.39, 0.29) is 11.9 Å². The van der Waals surface area contributed by atoms with Crippen molar-refractivity contribution in [1.82, 2.24) is 15.3 Å². The van der Waals surface area contributed by atoms with Crippen LogP contribution in [0.2, 0.25) is 4.34 Å². The van der Waals surface area contributed by atoms with Crippen molar-refractivity contribution in [2.45, 2.75) is 13.0 Å². The highest BCUT2D eigenvalue weighted by atomic mass is 35.5. The number of pyridine rings is 1. The van der Waals surface area contributed by atoms with Crippen LogP contribution in [0.1, 0.15) is 32.7 Å². The first kappa shape index (κ1) is 18.8. The number of rotatable bonds is 5. The van der Waals surface area contributed by atoms with Gasteiger partial charge in [0.2, 0.25) is 0 Å². The number of aromatic nitrogens is 2. The van der Waals surface area contributed by atoms with Crippen molar-refractivity contribution < 1.29 is 4.79 Å². The summed E-state index contributed by atoms with van der Waals surface area (Å²) in [7, 11) is 0. The van der Waals surface area contributed by atoms with Crippen molar-refractivity contribution >= 4 is 40.2 Å². The molecule has 7 heteroatoms. The Bertz CT molecular complexity index is 1050. The number of nitrogens with zero attached hydrogens (tertiary/aromatic N) is 2. The van der Waals surface area contributed by atoms with Crippen LogP contribution in [0, 0.1) is 6.92 Å². The van der Waals surface area contributed by atoms with Gasteiger partial charge in [-0.3, -0.25) is 9.78 Å². The molecular formula is C21H16ClN3OS2. The summed E-state index contributed by atoms with van der Waals surface area (Å²) in [6.45, 7) is 1.85. The third kappa shape index (κ3) is 3.99. The van der Waals surface area contributed by atoms with Crippen molar-refractivity contribution in [2.24, 2.45) is 0 Å². The summed E-state index contributed by atoms with van der Waals surface area (Å²) in [6, 6.07) is 18.9. The molecule has 1 amide bonds. The second-order valence-electron chi connectivity index (χ2n) is 6.11. The van der Waals surface area contributed by atoms with E-state index in [2.05, 4.69) is 15.3 Å². The number of hydrogen-bond donors (Lipinski definition) is 1. The van der Waals surface area contributed by atoms with Crippen LogP contribution < -0.4 is 5.32 Å². The molecule has 0 aliphatic heterocycles. The van der Waals surface area contributed by atoms with Crippen LogP contribution in [0.3, 0.4) is 0 Å². The fourth-order valence-electron chi connectivity index (χ4n) is 2.86. The van der Waals surface area contributed by atoms with E-state index in [1.165, 1.54) is 22.7 Å². The monoisotopic (exact) mass is 425 g/mol. The standard InChI is InChI=1S/C21H16ClN3OS2/c1-13-19(28-21(24-13)16-10-11-17(22)27-16)20(26)25-18(14-7-3-2-4-8-14)15-9-5-6-12-23-15/h2-12,18H,1H3,(H,25,26). The van der Waals surface area contributed by atoms with Gasteiger partial charge in [0.25, 0.3) is 5.91 Å². The van der Waals surface area contributed by atoms with Crippen molar-refractivity contribution in [3.8, 4) is 9.88 Å². The topological polar surface area (TPSA) is 54.9 Å². The van der Waals surface area contributed by atoms with Crippen molar-refractivity contribution in [2.75, 3.05) is 0 Å². The van der Waals surface area contributed by atoms with Crippen LogP contribution in [0.15, 0.2) is 66.9 Å². The Balaban J connectivity index is 1.64. The summed E-state index contributed by atoms with van der Waals surface area (Å²) >= 11 is 8.86. The second-order valence-corrected chi connectivity index (χ2v) is 8.82. The van der Waals surface area contributed by atoms with E-state index in [1.54, 1.807) is 6.20 Å². The molecule has 3 heterocycles. The van der Waals surface area contributed by atoms with Crippen LogP contribution in [-0.2, 0) is 0 Å². The molecule has 4 nitrogen and oxygen atoms in total. The predicted molar refractivity (Wildman–Crippen MR) is 115 cm³/mol. The second kappa shape index (κ2) is 8.22. The number of nitrogens with one attached hydrogen (secondary N) is 1. The molecule has 4 rings (SSSR count). The van der Waals surface area contributed by atoms with Gasteiger partial charge in [0.1, 0.15) is 9.88 Å². The predicted octanol–water partition coefficient (Wildman–Crippen LogP) is 5.75. The van der Waals surface area contributed by atoms with E-state index in [0.29, 0.717) is 14.9 Å². The van der Waals surface area contributed by atoms with Gasteiger partial charge >= 0.3 is 0 Å². The summed E-state index contributed by atoms with van der Waals surface area (Å²) in [5.74, 6) is -0.164. The Kier molecular flexibility index (Phi) is 5.52. The number of amides is 1. The van der Waals surface area contributed by atoms with E-state index in [0.717, 1.165) is 21.1 Å². The number of benzene rings is 1. The first-order valence-corrected chi connectivity index (χ1v) is 10.6. The van der Waals surface area contributed by atoms with Crippen LogP contribution in [0.25, 0.3) is 9.88 Å². The number of carbonyl (C=O) groups is 1. The smallest absolute Gasteiger partial charge is 0.264 e. The minimum Gasteiger partial charge on any atom is -0.339 e. The third-order valence-electron chi connectivity index (χ3n) is 4.18. The zero-order valence-corrected chi connectivity index (χ0v) is 17.3. The quantitative estimate of drug-likeness (QED) is 0.443. The van der Waals surface area contributed by atoms with Gasteiger partial charge in [0, 0.05) is 6.20 Å². The first-order chi connectivity index (χ1) is 13.6. The zero-order chi connectivity index (χ0) is 19.5. The number of carbonyl (C=O) groups excluding carboxylic acids is 1. The van der Waals surface area contributed by atoms with Crippen molar-refractivity contribution in [3.05, 3.63) is 93.0 Å². The van der Waals surface area contributed by atoms with Gasteiger partial charge in [-0.1, -0.05) is 48.0 Å². The molecule has 1 unspecified atom stereocenters. The van der Waals surface area contributed by atoms with E-state index in [1.807, 2.05) is 67.6 Å². The average Bonchev–Trinajstić information content (AvgIpc) is 3.33. The molecule has 1 N–H and O–H groups in total. The molecule has 0 spiro atoms. The largest absolute Gasteiger partial charge is 0.339 e. The van der Waals surface area contributed by atoms with E-state index in [9.17, 15) is 4.79 Å². The number of hydrogen-bond acceptors (Lipinski definition) is 5. The lowest BCUT2D eigenvalue weighted by molar-refractivity contribution is 0.0945. The lowest BCUT2D eigenvalue weighted by Crippen LogP contribution is -2.29. The summed E-state index contributed by atoms with van der Waals surface area (Å²) in [4.78, 5) is 23.6. The van der Waals surface area contributed by atoms with Gasteiger partial charge < -0.3 is 5.32 Å². The molecule has 140 valence electrons. The van der Waals surface area contributed by atoms with Gasteiger partial charge in [-0.2, -0.15) is 0 Å².